The zero-order chi connectivity index (χ0) is 10.9. The maximum atomic E-state index is 11.2. The highest BCUT2D eigenvalue weighted by Crippen LogP contribution is 2.29. The van der Waals surface area contributed by atoms with Gasteiger partial charge in [0.2, 0.25) is 10.0 Å². The van der Waals surface area contributed by atoms with Gasteiger partial charge < -0.3 is 10.5 Å². The van der Waals surface area contributed by atoms with E-state index in [1.54, 1.807) is 13.0 Å². The zero-order valence-electron chi connectivity index (χ0n) is 7.94. The number of anilines is 1. The molecule has 0 aliphatic rings. The summed E-state index contributed by atoms with van der Waals surface area (Å²) in [5, 5.41) is 5.01. The van der Waals surface area contributed by atoms with Gasteiger partial charge in [-0.15, -0.1) is 0 Å². The molecule has 0 saturated heterocycles. The predicted molar refractivity (Wildman–Crippen MR) is 53.5 cm³/mol. The van der Waals surface area contributed by atoms with E-state index in [-0.39, 0.29) is 10.6 Å². The van der Waals surface area contributed by atoms with Crippen LogP contribution in [0.4, 0.5) is 5.69 Å². The molecule has 0 spiro atoms. The molecular weight excluding hydrogens is 204 g/mol. The molecule has 0 unspecified atom stereocenters. The average molecular weight is 216 g/mol. The smallest absolute Gasteiger partial charge is 0.241 e. The average Bonchev–Trinajstić information content (AvgIpc) is 2.01. The molecule has 0 saturated carbocycles. The number of primary sulfonamides is 1. The third-order valence-electron chi connectivity index (χ3n) is 1.77. The second-order valence-electron chi connectivity index (χ2n) is 2.91. The Bertz CT molecular complexity index is 454. The van der Waals surface area contributed by atoms with E-state index in [0.717, 1.165) is 0 Å². The van der Waals surface area contributed by atoms with Crippen molar-refractivity contribution in [2.24, 2.45) is 5.14 Å². The second kappa shape index (κ2) is 3.47. The Kier molecular flexibility index (Phi) is 2.68. The quantitative estimate of drug-likeness (QED) is 0.692. The number of aryl methyl sites for hydroxylation is 1. The summed E-state index contributed by atoms with van der Waals surface area (Å²) >= 11 is 0. The SMILES string of the molecule is COc1c(C)cc(N)cc1S(N)(=O)=O. The van der Waals surface area contributed by atoms with Crippen LogP contribution in [-0.4, -0.2) is 15.5 Å². The van der Waals surface area contributed by atoms with E-state index in [1.807, 2.05) is 0 Å². The van der Waals surface area contributed by atoms with E-state index in [0.29, 0.717) is 11.3 Å². The zero-order valence-corrected chi connectivity index (χ0v) is 8.76. The van der Waals surface area contributed by atoms with Gasteiger partial charge in [0.25, 0.3) is 0 Å². The topological polar surface area (TPSA) is 95.4 Å². The summed E-state index contributed by atoms with van der Waals surface area (Å²) in [6, 6.07) is 2.90. The minimum atomic E-state index is -3.80. The lowest BCUT2D eigenvalue weighted by Crippen LogP contribution is -2.14. The first-order valence-corrected chi connectivity index (χ1v) is 5.38. The molecule has 1 rings (SSSR count). The van der Waals surface area contributed by atoms with Gasteiger partial charge in [-0.25, -0.2) is 13.6 Å². The molecule has 14 heavy (non-hydrogen) atoms. The molecule has 4 N–H and O–H groups in total. The number of nitrogen functional groups attached to an aromatic ring is 1. The third-order valence-corrected chi connectivity index (χ3v) is 2.69. The van der Waals surface area contributed by atoms with E-state index >= 15 is 0 Å². The highest BCUT2D eigenvalue weighted by molar-refractivity contribution is 7.89. The van der Waals surface area contributed by atoms with E-state index in [1.165, 1.54) is 13.2 Å². The van der Waals surface area contributed by atoms with Crippen molar-refractivity contribution in [2.75, 3.05) is 12.8 Å². The van der Waals surface area contributed by atoms with Gasteiger partial charge in [-0.1, -0.05) is 0 Å². The van der Waals surface area contributed by atoms with Crippen LogP contribution in [-0.2, 0) is 10.0 Å². The van der Waals surface area contributed by atoms with Crippen molar-refractivity contribution >= 4 is 15.7 Å². The van der Waals surface area contributed by atoms with Crippen LogP contribution in [0.25, 0.3) is 0 Å². The normalized spacial score (nSPS) is 11.4. The number of ether oxygens (including phenoxy) is 1. The molecule has 0 aliphatic carbocycles. The number of sulfonamides is 1. The number of rotatable bonds is 2. The highest BCUT2D eigenvalue weighted by atomic mass is 32.2. The minimum Gasteiger partial charge on any atom is -0.495 e. The summed E-state index contributed by atoms with van der Waals surface area (Å²) < 4.78 is 27.3. The number of hydrogen-bond acceptors (Lipinski definition) is 4. The summed E-state index contributed by atoms with van der Waals surface area (Å²) in [6.07, 6.45) is 0. The van der Waals surface area contributed by atoms with Gasteiger partial charge >= 0.3 is 0 Å². The molecule has 1 aromatic carbocycles. The van der Waals surface area contributed by atoms with Crippen LogP contribution < -0.4 is 15.6 Å². The maximum Gasteiger partial charge on any atom is 0.241 e. The number of hydrogen-bond donors (Lipinski definition) is 2. The first-order valence-electron chi connectivity index (χ1n) is 3.83. The van der Waals surface area contributed by atoms with E-state index < -0.39 is 10.0 Å². The molecular formula is C8H12N2O3S. The van der Waals surface area contributed by atoms with E-state index in [4.69, 9.17) is 15.6 Å². The van der Waals surface area contributed by atoms with Gasteiger partial charge in [0, 0.05) is 5.69 Å². The van der Waals surface area contributed by atoms with Crippen molar-refractivity contribution in [2.45, 2.75) is 11.8 Å². The molecule has 0 bridgehead atoms. The molecule has 78 valence electrons. The van der Waals surface area contributed by atoms with Gasteiger partial charge in [0.1, 0.15) is 10.6 Å². The number of nitrogens with two attached hydrogens (primary N) is 2. The van der Waals surface area contributed by atoms with Crippen molar-refractivity contribution in [1.29, 1.82) is 0 Å². The largest absolute Gasteiger partial charge is 0.495 e. The molecule has 0 aliphatic heterocycles. The Balaban J connectivity index is 3.56. The Morgan fingerprint density at radius 1 is 1.36 bits per heavy atom. The number of methoxy groups -OCH3 is 1. The summed E-state index contributed by atoms with van der Waals surface area (Å²) in [4.78, 5) is -0.0856. The van der Waals surface area contributed by atoms with E-state index in [9.17, 15) is 8.42 Å². The number of benzene rings is 1. The van der Waals surface area contributed by atoms with Gasteiger partial charge in [0.05, 0.1) is 7.11 Å². The van der Waals surface area contributed by atoms with Crippen molar-refractivity contribution in [3.8, 4) is 5.75 Å². The fraction of sp³-hybridized carbons (Fsp3) is 0.250. The lowest BCUT2D eigenvalue weighted by atomic mass is 10.2. The van der Waals surface area contributed by atoms with Gasteiger partial charge in [-0.05, 0) is 24.6 Å². The standard InChI is InChI=1S/C8H12N2O3S/c1-5-3-6(9)4-7(8(5)13-2)14(10,11)12/h3-4H,9H2,1-2H3,(H2,10,11,12). The molecule has 6 heteroatoms. The Morgan fingerprint density at radius 2 is 1.93 bits per heavy atom. The van der Waals surface area contributed by atoms with Crippen molar-refractivity contribution in [3.63, 3.8) is 0 Å². The first-order chi connectivity index (χ1) is 6.36. The van der Waals surface area contributed by atoms with Crippen LogP contribution in [0, 0.1) is 6.92 Å². The first kappa shape index (κ1) is 10.8. The van der Waals surface area contributed by atoms with Gasteiger partial charge in [0.15, 0.2) is 0 Å². The lowest BCUT2D eigenvalue weighted by Gasteiger charge is -2.10. The van der Waals surface area contributed by atoms with E-state index in [2.05, 4.69) is 0 Å². The Labute approximate surface area is 82.7 Å². The molecule has 0 aromatic heterocycles. The molecule has 0 fully saturated rings. The maximum absolute atomic E-state index is 11.2. The molecule has 0 radical (unpaired) electrons. The summed E-state index contributed by atoms with van der Waals surface area (Å²) in [5.41, 5.74) is 6.48. The summed E-state index contributed by atoms with van der Waals surface area (Å²) in [5.74, 6) is 0.238. The summed E-state index contributed by atoms with van der Waals surface area (Å²) in [7, 11) is -2.41. The van der Waals surface area contributed by atoms with Crippen LogP contribution in [0.2, 0.25) is 0 Å². The third kappa shape index (κ3) is 1.97. The minimum absolute atomic E-state index is 0.0856. The van der Waals surface area contributed by atoms with Crippen LogP contribution in [0.5, 0.6) is 5.75 Å². The highest BCUT2D eigenvalue weighted by Gasteiger charge is 2.17. The summed E-state index contributed by atoms with van der Waals surface area (Å²) in [6.45, 7) is 1.70. The molecule has 0 heterocycles. The fourth-order valence-corrected chi connectivity index (χ4v) is 2.04. The van der Waals surface area contributed by atoms with Crippen molar-refractivity contribution in [1.82, 2.24) is 0 Å². The fourth-order valence-electron chi connectivity index (χ4n) is 1.24. The van der Waals surface area contributed by atoms with Crippen molar-refractivity contribution in [3.05, 3.63) is 17.7 Å². The van der Waals surface area contributed by atoms with Crippen LogP contribution in [0.15, 0.2) is 17.0 Å². The molecule has 0 atom stereocenters. The predicted octanol–water partition coefficient (Wildman–Crippen LogP) is 0.233. The van der Waals surface area contributed by atoms with Crippen molar-refractivity contribution < 1.29 is 13.2 Å². The van der Waals surface area contributed by atoms with Crippen LogP contribution >= 0.6 is 0 Å². The molecule has 0 amide bonds. The molecule has 5 nitrogen and oxygen atoms in total. The molecule has 1 aromatic rings. The monoisotopic (exact) mass is 216 g/mol. The van der Waals surface area contributed by atoms with Crippen LogP contribution in [0.1, 0.15) is 5.56 Å². The Morgan fingerprint density at radius 3 is 2.36 bits per heavy atom. The Hall–Kier alpha value is -1.27. The van der Waals surface area contributed by atoms with Gasteiger partial charge in [-0.3, -0.25) is 0 Å². The van der Waals surface area contributed by atoms with Gasteiger partial charge in [-0.2, -0.15) is 0 Å². The second-order valence-corrected chi connectivity index (χ2v) is 4.44. The van der Waals surface area contributed by atoms with Crippen LogP contribution in [0.3, 0.4) is 0 Å². The lowest BCUT2D eigenvalue weighted by molar-refractivity contribution is 0.399.